The lowest BCUT2D eigenvalue weighted by atomic mass is 9.95. The number of para-hydroxylation sites is 1. The van der Waals surface area contributed by atoms with Gasteiger partial charge in [-0.25, -0.2) is 0 Å². The quantitative estimate of drug-likeness (QED) is 0.640. The molecule has 1 fully saturated rings. The Bertz CT molecular complexity index is 434. The van der Waals surface area contributed by atoms with Crippen LogP contribution in [0, 0.1) is 11.3 Å². The molecule has 104 valence electrons. The van der Waals surface area contributed by atoms with Gasteiger partial charge in [0.15, 0.2) is 0 Å². The van der Waals surface area contributed by atoms with Gasteiger partial charge in [-0.05, 0) is 45.0 Å². The standard InChI is InChI=1S/C15H24N4/c1-18(2)11-12-7-9-19(10-8-12)14-6-4-3-5-13(14)15(16)17/h3-6,12H,7-11H2,1-2H3,(H3,16,17). The molecule has 1 saturated heterocycles. The molecule has 1 heterocycles. The van der Waals surface area contributed by atoms with E-state index in [0.29, 0.717) is 0 Å². The van der Waals surface area contributed by atoms with Crippen molar-refractivity contribution in [3.63, 3.8) is 0 Å². The van der Waals surface area contributed by atoms with Crippen molar-refractivity contribution in [3.05, 3.63) is 29.8 Å². The molecule has 0 radical (unpaired) electrons. The highest BCUT2D eigenvalue weighted by Crippen LogP contribution is 2.26. The molecule has 1 aliphatic rings. The first kappa shape index (κ1) is 13.9. The van der Waals surface area contributed by atoms with Crippen LogP contribution < -0.4 is 10.6 Å². The zero-order valence-electron chi connectivity index (χ0n) is 11.9. The van der Waals surface area contributed by atoms with Crippen molar-refractivity contribution in [3.8, 4) is 0 Å². The third kappa shape index (κ3) is 3.47. The molecule has 0 saturated carbocycles. The molecular weight excluding hydrogens is 236 g/mol. The molecule has 0 bridgehead atoms. The summed E-state index contributed by atoms with van der Waals surface area (Å²) in [5.41, 5.74) is 7.63. The summed E-state index contributed by atoms with van der Waals surface area (Å²) in [6.45, 7) is 3.29. The molecule has 4 heteroatoms. The van der Waals surface area contributed by atoms with E-state index < -0.39 is 0 Å². The molecule has 0 atom stereocenters. The average molecular weight is 260 g/mol. The number of nitrogens with two attached hydrogens (primary N) is 1. The summed E-state index contributed by atoms with van der Waals surface area (Å²) < 4.78 is 0. The van der Waals surface area contributed by atoms with Gasteiger partial charge in [0.1, 0.15) is 5.84 Å². The van der Waals surface area contributed by atoms with Gasteiger partial charge in [0.2, 0.25) is 0 Å². The molecule has 0 aromatic heterocycles. The first-order valence-electron chi connectivity index (χ1n) is 6.91. The van der Waals surface area contributed by atoms with Crippen LogP contribution in [0.3, 0.4) is 0 Å². The van der Waals surface area contributed by atoms with Crippen LogP contribution in [0.1, 0.15) is 18.4 Å². The SMILES string of the molecule is CN(C)CC1CCN(c2ccccc2C(=N)N)CC1. The van der Waals surface area contributed by atoms with E-state index in [1.807, 2.05) is 18.2 Å². The van der Waals surface area contributed by atoms with Crippen molar-refractivity contribution in [1.29, 1.82) is 5.41 Å². The van der Waals surface area contributed by atoms with E-state index in [2.05, 4.69) is 30.0 Å². The first-order chi connectivity index (χ1) is 9.08. The van der Waals surface area contributed by atoms with E-state index in [9.17, 15) is 0 Å². The number of anilines is 1. The number of benzene rings is 1. The predicted molar refractivity (Wildman–Crippen MR) is 80.9 cm³/mol. The van der Waals surface area contributed by atoms with Crippen molar-refractivity contribution in [2.45, 2.75) is 12.8 Å². The van der Waals surface area contributed by atoms with Gasteiger partial charge in [-0.2, -0.15) is 0 Å². The Morgan fingerprint density at radius 3 is 2.53 bits per heavy atom. The van der Waals surface area contributed by atoms with Gasteiger partial charge >= 0.3 is 0 Å². The number of nitrogens with one attached hydrogen (secondary N) is 1. The van der Waals surface area contributed by atoms with E-state index in [1.54, 1.807) is 0 Å². The molecule has 4 nitrogen and oxygen atoms in total. The van der Waals surface area contributed by atoms with Crippen LogP contribution in [0.15, 0.2) is 24.3 Å². The first-order valence-corrected chi connectivity index (χ1v) is 6.91. The minimum atomic E-state index is 0.158. The fraction of sp³-hybridized carbons (Fsp3) is 0.533. The van der Waals surface area contributed by atoms with E-state index >= 15 is 0 Å². The van der Waals surface area contributed by atoms with E-state index in [1.165, 1.54) is 19.4 Å². The molecule has 1 aliphatic heterocycles. The molecule has 1 aromatic rings. The van der Waals surface area contributed by atoms with E-state index in [-0.39, 0.29) is 5.84 Å². The average Bonchev–Trinajstić information content (AvgIpc) is 2.39. The van der Waals surface area contributed by atoms with E-state index in [4.69, 9.17) is 11.1 Å². The van der Waals surface area contributed by atoms with Crippen LogP contribution >= 0.6 is 0 Å². The smallest absolute Gasteiger partial charge is 0.124 e. The number of piperidine rings is 1. The summed E-state index contributed by atoms with van der Waals surface area (Å²) in [5, 5.41) is 7.67. The van der Waals surface area contributed by atoms with Gasteiger partial charge in [-0.1, -0.05) is 12.1 Å². The van der Waals surface area contributed by atoms with Crippen LogP contribution in [0.2, 0.25) is 0 Å². The maximum absolute atomic E-state index is 7.67. The maximum atomic E-state index is 7.67. The molecule has 1 aromatic carbocycles. The fourth-order valence-electron chi connectivity index (χ4n) is 2.85. The van der Waals surface area contributed by atoms with Crippen LogP contribution in [-0.2, 0) is 0 Å². The monoisotopic (exact) mass is 260 g/mol. The Morgan fingerprint density at radius 2 is 1.95 bits per heavy atom. The van der Waals surface area contributed by atoms with Gasteiger partial charge in [0, 0.05) is 30.9 Å². The molecule has 0 amide bonds. The van der Waals surface area contributed by atoms with Gasteiger partial charge in [-0.15, -0.1) is 0 Å². The van der Waals surface area contributed by atoms with Gasteiger partial charge in [-0.3, -0.25) is 5.41 Å². The highest BCUT2D eigenvalue weighted by molar-refractivity contribution is 6.00. The number of rotatable bonds is 4. The molecular formula is C15H24N4. The second-order valence-electron chi connectivity index (χ2n) is 5.62. The lowest BCUT2D eigenvalue weighted by molar-refractivity contribution is 0.285. The Balaban J connectivity index is 2.04. The van der Waals surface area contributed by atoms with Crippen molar-refractivity contribution in [2.75, 3.05) is 38.6 Å². The Labute approximate surface area is 115 Å². The highest BCUT2D eigenvalue weighted by Gasteiger charge is 2.21. The summed E-state index contributed by atoms with van der Waals surface area (Å²) in [6, 6.07) is 7.97. The van der Waals surface area contributed by atoms with Crippen molar-refractivity contribution in [1.82, 2.24) is 4.90 Å². The predicted octanol–water partition coefficient (Wildman–Crippen LogP) is 1.75. The van der Waals surface area contributed by atoms with Crippen molar-refractivity contribution in [2.24, 2.45) is 11.7 Å². The minimum Gasteiger partial charge on any atom is -0.384 e. The Hall–Kier alpha value is -1.55. The summed E-state index contributed by atoms with van der Waals surface area (Å²) in [7, 11) is 4.27. The Morgan fingerprint density at radius 1 is 1.32 bits per heavy atom. The zero-order valence-corrected chi connectivity index (χ0v) is 11.9. The summed E-state index contributed by atoms with van der Waals surface area (Å²) in [5.74, 6) is 0.946. The maximum Gasteiger partial charge on any atom is 0.124 e. The van der Waals surface area contributed by atoms with Crippen LogP contribution in [0.5, 0.6) is 0 Å². The molecule has 0 spiro atoms. The Kier molecular flexibility index (Phi) is 4.43. The second kappa shape index (κ2) is 6.06. The number of nitrogens with zero attached hydrogens (tertiary/aromatic N) is 2. The summed E-state index contributed by atoms with van der Waals surface area (Å²) in [6.07, 6.45) is 2.43. The van der Waals surface area contributed by atoms with Gasteiger partial charge in [0.05, 0.1) is 0 Å². The fourth-order valence-corrected chi connectivity index (χ4v) is 2.85. The van der Waals surface area contributed by atoms with Gasteiger partial charge < -0.3 is 15.5 Å². The third-order valence-corrected chi connectivity index (χ3v) is 3.77. The number of nitrogen functional groups attached to an aromatic ring is 1. The largest absolute Gasteiger partial charge is 0.384 e. The van der Waals surface area contributed by atoms with Gasteiger partial charge in [0.25, 0.3) is 0 Å². The zero-order chi connectivity index (χ0) is 13.8. The minimum absolute atomic E-state index is 0.158. The summed E-state index contributed by atoms with van der Waals surface area (Å²) >= 11 is 0. The topological polar surface area (TPSA) is 56.4 Å². The van der Waals surface area contributed by atoms with Crippen molar-refractivity contribution >= 4 is 11.5 Å². The third-order valence-electron chi connectivity index (χ3n) is 3.77. The number of amidine groups is 1. The molecule has 0 aliphatic carbocycles. The lowest BCUT2D eigenvalue weighted by Crippen LogP contribution is -2.38. The molecule has 19 heavy (non-hydrogen) atoms. The van der Waals surface area contributed by atoms with E-state index in [0.717, 1.165) is 30.3 Å². The second-order valence-corrected chi connectivity index (χ2v) is 5.62. The summed E-state index contributed by atoms with van der Waals surface area (Å²) in [4.78, 5) is 4.63. The van der Waals surface area contributed by atoms with Crippen LogP contribution in [0.4, 0.5) is 5.69 Å². The number of hydrogen-bond acceptors (Lipinski definition) is 3. The number of hydrogen-bond donors (Lipinski definition) is 2. The van der Waals surface area contributed by atoms with Crippen molar-refractivity contribution < 1.29 is 0 Å². The molecule has 0 unspecified atom stereocenters. The molecule has 3 N–H and O–H groups in total. The highest BCUT2D eigenvalue weighted by atomic mass is 15.1. The van der Waals surface area contributed by atoms with Crippen LogP contribution in [0.25, 0.3) is 0 Å². The normalized spacial score (nSPS) is 16.9. The molecule has 2 rings (SSSR count). The van der Waals surface area contributed by atoms with Crippen LogP contribution in [-0.4, -0.2) is 44.5 Å². The lowest BCUT2D eigenvalue weighted by Gasteiger charge is -2.35.